The number of rotatable bonds is 3. The summed E-state index contributed by atoms with van der Waals surface area (Å²) in [7, 11) is 0. The quantitative estimate of drug-likeness (QED) is 0.937. The number of benzene rings is 1. The van der Waals surface area contributed by atoms with Crippen LogP contribution in [-0.4, -0.2) is 10.2 Å². The molecule has 0 saturated carbocycles. The van der Waals surface area contributed by atoms with E-state index >= 15 is 0 Å². The third-order valence-corrected chi connectivity index (χ3v) is 3.41. The van der Waals surface area contributed by atoms with Gasteiger partial charge < -0.3 is 0 Å². The van der Waals surface area contributed by atoms with Gasteiger partial charge in [-0.15, -0.1) is 0 Å². The average molecular weight is 279 g/mol. The van der Waals surface area contributed by atoms with E-state index < -0.39 is 5.56 Å². The van der Waals surface area contributed by atoms with Gasteiger partial charge in [-0.05, 0) is 35.6 Å². The number of hydrogen-bond donors (Lipinski definition) is 1. The molecular weight excluding hydrogens is 262 g/mol. The van der Waals surface area contributed by atoms with Crippen LogP contribution in [0.15, 0.2) is 29.1 Å². The van der Waals surface area contributed by atoms with Gasteiger partial charge >= 0.3 is 0 Å². The minimum Gasteiger partial charge on any atom is -0.267 e. The number of nitrogens with zero attached hydrogens (tertiary/aromatic N) is 2. The molecule has 0 aliphatic rings. The Labute approximate surface area is 123 Å². The first kappa shape index (κ1) is 14.7. The van der Waals surface area contributed by atoms with E-state index in [0.717, 1.165) is 5.56 Å². The van der Waals surface area contributed by atoms with Crippen molar-refractivity contribution in [1.29, 1.82) is 5.26 Å². The molecule has 106 valence electrons. The normalized spacial score (nSPS) is 11.0. The van der Waals surface area contributed by atoms with E-state index in [2.05, 4.69) is 36.2 Å². The first-order valence-electron chi connectivity index (χ1n) is 6.80. The van der Waals surface area contributed by atoms with Crippen LogP contribution in [0.4, 0.5) is 0 Å². The van der Waals surface area contributed by atoms with Crippen molar-refractivity contribution >= 4 is 12.2 Å². The van der Waals surface area contributed by atoms with Gasteiger partial charge in [0.1, 0.15) is 11.6 Å². The van der Waals surface area contributed by atoms with E-state index in [1.807, 2.05) is 24.3 Å². The van der Waals surface area contributed by atoms with E-state index in [1.54, 1.807) is 13.0 Å². The van der Waals surface area contributed by atoms with Crippen LogP contribution in [-0.2, 0) is 0 Å². The second-order valence-corrected chi connectivity index (χ2v) is 5.20. The molecule has 0 radical (unpaired) electrons. The molecule has 0 aliphatic carbocycles. The molecular formula is C17H17N3O. The van der Waals surface area contributed by atoms with E-state index in [1.165, 1.54) is 5.56 Å². The first-order chi connectivity index (χ1) is 10.0. The molecule has 1 aromatic carbocycles. The summed E-state index contributed by atoms with van der Waals surface area (Å²) in [6, 6.07) is 10.2. The topological polar surface area (TPSA) is 69.5 Å². The number of aromatic amines is 1. The Morgan fingerprint density at radius 2 is 1.90 bits per heavy atom. The lowest BCUT2D eigenvalue weighted by atomic mass is 10.0. The number of nitrogens with one attached hydrogen (secondary N) is 1. The van der Waals surface area contributed by atoms with Crippen molar-refractivity contribution in [2.24, 2.45) is 0 Å². The van der Waals surface area contributed by atoms with Crippen molar-refractivity contribution in [3.05, 3.63) is 62.6 Å². The summed E-state index contributed by atoms with van der Waals surface area (Å²) in [5.41, 5.74) is 3.19. The van der Waals surface area contributed by atoms with Crippen molar-refractivity contribution in [1.82, 2.24) is 10.2 Å². The summed E-state index contributed by atoms with van der Waals surface area (Å²) < 4.78 is 0. The molecule has 0 fully saturated rings. The van der Waals surface area contributed by atoms with Crippen molar-refractivity contribution < 1.29 is 0 Å². The second kappa shape index (κ2) is 6.19. The minimum absolute atomic E-state index is 0.111. The molecule has 0 amide bonds. The number of aromatic nitrogens is 2. The van der Waals surface area contributed by atoms with E-state index in [4.69, 9.17) is 5.26 Å². The number of H-pyrrole nitrogens is 1. The monoisotopic (exact) mass is 279 g/mol. The standard InChI is InChI=1S/C17H17N3O/c1-11(2)14-7-4-13(5-8-14)6-9-16-12(3)15(10-18)17(21)20-19-16/h4-9,11H,1-3H3,(H,20,21)/b9-6+. The van der Waals surface area contributed by atoms with Crippen LogP contribution >= 0.6 is 0 Å². The molecule has 1 N–H and O–H groups in total. The Morgan fingerprint density at radius 3 is 2.48 bits per heavy atom. The first-order valence-corrected chi connectivity index (χ1v) is 6.80. The van der Waals surface area contributed by atoms with Gasteiger partial charge in [-0.1, -0.05) is 44.2 Å². The highest BCUT2D eigenvalue weighted by Crippen LogP contribution is 2.16. The van der Waals surface area contributed by atoms with Crippen LogP contribution in [0.1, 0.15) is 47.7 Å². The van der Waals surface area contributed by atoms with Gasteiger partial charge in [-0.3, -0.25) is 4.79 Å². The molecule has 1 heterocycles. The molecule has 2 rings (SSSR count). The maximum atomic E-state index is 11.4. The fraction of sp³-hybridized carbons (Fsp3) is 0.235. The van der Waals surface area contributed by atoms with Crippen molar-refractivity contribution in [3.63, 3.8) is 0 Å². The fourth-order valence-corrected chi connectivity index (χ4v) is 2.01. The van der Waals surface area contributed by atoms with Crippen LogP contribution in [0.5, 0.6) is 0 Å². The predicted molar refractivity (Wildman–Crippen MR) is 83.8 cm³/mol. The van der Waals surface area contributed by atoms with Gasteiger partial charge in [0.15, 0.2) is 0 Å². The van der Waals surface area contributed by atoms with Gasteiger partial charge in [0, 0.05) is 0 Å². The zero-order valence-electron chi connectivity index (χ0n) is 12.3. The van der Waals surface area contributed by atoms with Crippen molar-refractivity contribution in [2.75, 3.05) is 0 Å². The van der Waals surface area contributed by atoms with E-state index in [0.29, 0.717) is 17.2 Å². The maximum Gasteiger partial charge on any atom is 0.282 e. The highest BCUT2D eigenvalue weighted by molar-refractivity contribution is 5.70. The third-order valence-electron chi connectivity index (χ3n) is 3.41. The molecule has 1 aromatic heterocycles. The van der Waals surface area contributed by atoms with Crippen LogP contribution in [0.3, 0.4) is 0 Å². The van der Waals surface area contributed by atoms with Crippen molar-refractivity contribution in [2.45, 2.75) is 26.7 Å². The summed E-state index contributed by atoms with van der Waals surface area (Å²) in [4.78, 5) is 11.4. The third kappa shape index (κ3) is 3.26. The van der Waals surface area contributed by atoms with Crippen LogP contribution in [0.2, 0.25) is 0 Å². The lowest BCUT2D eigenvalue weighted by Crippen LogP contribution is -2.15. The minimum atomic E-state index is -0.451. The average Bonchev–Trinajstić information content (AvgIpc) is 2.47. The Bertz CT molecular complexity index is 762. The summed E-state index contributed by atoms with van der Waals surface area (Å²) >= 11 is 0. The number of nitriles is 1. The number of hydrogen-bond acceptors (Lipinski definition) is 3. The van der Waals surface area contributed by atoms with E-state index in [-0.39, 0.29) is 5.56 Å². The summed E-state index contributed by atoms with van der Waals surface area (Å²) in [6.45, 7) is 6.03. The summed E-state index contributed by atoms with van der Waals surface area (Å²) in [5.74, 6) is 0.504. The summed E-state index contributed by atoms with van der Waals surface area (Å²) in [5, 5.41) is 15.3. The molecule has 0 atom stereocenters. The van der Waals surface area contributed by atoms with Gasteiger partial charge in [0.25, 0.3) is 5.56 Å². The molecule has 0 unspecified atom stereocenters. The van der Waals surface area contributed by atoms with Crippen LogP contribution in [0, 0.1) is 18.3 Å². The Balaban J connectivity index is 2.30. The molecule has 0 spiro atoms. The van der Waals surface area contributed by atoms with Crippen LogP contribution in [0.25, 0.3) is 12.2 Å². The van der Waals surface area contributed by atoms with Crippen molar-refractivity contribution in [3.8, 4) is 6.07 Å². The van der Waals surface area contributed by atoms with Gasteiger partial charge in [-0.2, -0.15) is 10.4 Å². The lowest BCUT2D eigenvalue weighted by molar-refractivity contribution is 0.866. The molecule has 0 bridgehead atoms. The second-order valence-electron chi connectivity index (χ2n) is 5.20. The Kier molecular flexibility index (Phi) is 4.34. The highest BCUT2D eigenvalue weighted by atomic mass is 16.1. The zero-order chi connectivity index (χ0) is 15.4. The maximum absolute atomic E-state index is 11.4. The fourth-order valence-electron chi connectivity index (χ4n) is 2.01. The molecule has 4 heteroatoms. The van der Waals surface area contributed by atoms with Gasteiger partial charge in [-0.25, -0.2) is 5.10 Å². The SMILES string of the molecule is Cc1c(/C=C/c2ccc(C(C)C)cc2)n[nH]c(=O)c1C#N. The molecule has 4 nitrogen and oxygen atoms in total. The van der Waals surface area contributed by atoms with Gasteiger partial charge in [0.05, 0.1) is 5.69 Å². The Hall–Kier alpha value is -2.67. The molecule has 2 aromatic rings. The Morgan fingerprint density at radius 1 is 1.24 bits per heavy atom. The highest BCUT2D eigenvalue weighted by Gasteiger charge is 2.07. The lowest BCUT2D eigenvalue weighted by Gasteiger charge is -2.05. The van der Waals surface area contributed by atoms with Gasteiger partial charge in [0.2, 0.25) is 0 Å². The summed E-state index contributed by atoms with van der Waals surface area (Å²) in [6.07, 6.45) is 3.72. The predicted octanol–water partition coefficient (Wildman–Crippen LogP) is 3.24. The molecule has 0 aliphatic heterocycles. The molecule has 0 saturated heterocycles. The smallest absolute Gasteiger partial charge is 0.267 e. The molecule has 21 heavy (non-hydrogen) atoms. The largest absolute Gasteiger partial charge is 0.282 e. The van der Waals surface area contributed by atoms with E-state index in [9.17, 15) is 4.79 Å². The zero-order valence-corrected chi connectivity index (χ0v) is 12.3. The van der Waals surface area contributed by atoms with Crippen LogP contribution < -0.4 is 5.56 Å².